The molecule has 0 bridgehead atoms. The van der Waals surface area contributed by atoms with Crippen molar-refractivity contribution in [3.05, 3.63) is 59.3 Å². The van der Waals surface area contributed by atoms with Crippen LogP contribution < -0.4 is 0 Å². The SMILES string of the molecule is C=CCN1CC[C@@]2(CN(Cc3cccnc3)C[C@H]2c2nccs2)C1=O. The van der Waals surface area contributed by atoms with Gasteiger partial charge in [0, 0.05) is 62.6 Å². The summed E-state index contributed by atoms with van der Waals surface area (Å²) in [6.07, 6.45) is 8.26. The lowest BCUT2D eigenvalue weighted by Gasteiger charge is -2.27. The number of hydrogen-bond donors (Lipinski definition) is 0. The zero-order valence-electron chi connectivity index (χ0n) is 14.2. The van der Waals surface area contributed by atoms with Gasteiger partial charge in [0.1, 0.15) is 0 Å². The van der Waals surface area contributed by atoms with Crippen molar-refractivity contribution in [2.45, 2.75) is 18.9 Å². The monoisotopic (exact) mass is 354 g/mol. The molecule has 0 aliphatic carbocycles. The highest BCUT2D eigenvalue weighted by Crippen LogP contribution is 2.50. The molecule has 0 saturated carbocycles. The summed E-state index contributed by atoms with van der Waals surface area (Å²) in [5.74, 6) is 0.438. The van der Waals surface area contributed by atoms with Crippen LogP contribution in [0.2, 0.25) is 0 Å². The van der Waals surface area contributed by atoms with E-state index in [4.69, 9.17) is 0 Å². The molecule has 1 spiro atoms. The van der Waals surface area contributed by atoms with Crippen LogP contribution in [0.3, 0.4) is 0 Å². The molecule has 25 heavy (non-hydrogen) atoms. The van der Waals surface area contributed by atoms with Gasteiger partial charge in [-0.1, -0.05) is 12.1 Å². The van der Waals surface area contributed by atoms with Gasteiger partial charge in [-0.05, 0) is 18.1 Å². The molecule has 130 valence electrons. The minimum Gasteiger partial charge on any atom is -0.338 e. The number of amides is 1. The Labute approximate surface area is 152 Å². The molecule has 2 aliphatic rings. The van der Waals surface area contributed by atoms with Crippen LogP contribution in [0.5, 0.6) is 0 Å². The Kier molecular flexibility index (Phi) is 4.39. The van der Waals surface area contributed by atoms with Crippen molar-refractivity contribution >= 4 is 17.2 Å². The van der Waals surface area contributed by atoms with Gasteiger partial charge in [0.15, 0.2) is 0 Å². The molecule has 2 fully saturated rings. The first-order valence-corrected chi connectivity index (χ1v) is 9.52. The normalized spacial score (nSPS) is 26.6. The minimum atomic E-state index is -0.344. The maximum Gasteiger partial charge on any atom is 0.231 e. The van der Waals surface area contributed by atoms with E-state index in [1.54, 1.807) is 17.5 Å². The number of pyridine rings is 1. The van der Waals surface area contributed by atoms with Gasteiger partial charge in [0.05, 0.1) is 10.4 Å². The predicted octanol–water partition coefficient (Wildman–Crippen LogP) is 2.54. The molecule has 6 heteroatoms. The number of nitrogens with zero attached hydrogens (tertiary/aromatic N) is 4. The summed E-state index contributed by atoms with van der Waals surface area (Å²) >= 11 is 1.66. The van der Waals surface area contributed by atoms with Crippen LogP contribution in [0.25, 0.3) is 0 Å². The Morgan fingerprint density at radius 2 is 2.36 bits per heavy atom. The Morgan fingerprint density at radius 1 is 1.44 bits per heavy atom. The van der Waals surface area contributed by atoms with Gasteiger partial charge in [-0.2, -0.15) is 0 Å². The number of aromatic nitrogens is 2. The number of carbonyl (C=O) groups is 1. The second-order valence-electron chi connectivity index (χ2n) is 6.90. The molecule has 2 aliphatic heterocycles. The highest BCUT2D eigenvalue weighted by Gasteiger charge is 2.57. The van der Waals surface area contributed by atoms with Gasteiger partial charge in [-0.3, -0.25) is 14.7 Å². The number of rotatable bonds is 5. The molecule has 0 unspecified atom stereocenters. The zero-order valence-corrected chi connectivity index (χ0v) is 15.0. The van der Waals surface area contributed by atoms with Crippen LogP contribution in [-0.4, -0.2) is 51.9 Å². The van der Waals surface area contributed by atoms with E-state index in [0.717, 1.165) is 37.6 Å². The predicted molar refractivity (Wildman–Crippen MR) is 98.2 cm³/mol. The summed E-state index contributed by atoms with van der Waals surface area (Å²) in [4.78, 5) is 26.3. The molecular weight excluding hydrogens is 332 g/mol. The quantitative estimate of drug-likeness (QED) is 0.774. The molecule has 0 N–H and O–H groups in total. The molecule has 2 saturated heterocycles. The Hall–Kier alpha value is -2.05. The lowest BCUT2D eigenvalue weighted by Crippen LogP contribution is -2.39. The van der Waals surface area contributed by atoms with E-state index in [9.17, 15) is 4.79 Å². The van der Waals surface area contributed by atoms with Crippen molar-refractivity contribution in [3.8, 4) is 0 Å². The molecule has 4 heterocycles. The molecule has 0 aromatic carbocycles. The summed E-state index contributed by atoms with van der Waals surface area (Å²) in [6.45, 7) is 7.72. The fourth-order valence-corrected chi connectivity index (χ4v) is 5.10. The van der Waals surface area contributed by atoms with Crippen molar-refractivity contribution in [1.82, 2.24) is 19.8 Å². The molecule has 4 rings (SSSR count). The van der Waals surface area contributed by atoms with Crippen LogP contribution in [0.15, 0.2) is 48.8 Å². The van der Waals surface area contributed by atoms with Gasteiger partial charge in [-0.25, -0.2) is 4.98 Å². The third-order valence-corrected chi connectivity index (χ3v) is 6.27. The van der Waals surface area contributed by atoms with Crippen molar-refractivity contribution in [2.24, 2.45) is 5.41 Å². The van der Waals surface area contributed by atoms with Crippen molar-refractivity contribution in [2.75, 3.05) is 26.2 Å². The van der Waals surface area contributed by atoms with Crippen molar-refractivity contribution < 1.29 is 4.79 Å². The van der Waals surface area contributed by atoms with Gasteiger partial charge in [0.25, 0.3) is 0 Å². The lowest BCUT2D eigenvalue weighted by molar-refractivity contribution is -0.135. The van der Waals surface area contributed by atoms with E-state index in [-0.39, 0.29) is 17.2 Å². The van der Waals surface area contributed by atoms with Crippen LogP contribution in [-0.2, 0) is 11.3 Å². The van der Waals surface area contributed by atoms with E-state index >= 15 is 0 Å². The first kappa shape index (κ1) is 16.4. The van der Waals surface area contributed by atoms with Crippen LogP contribution in [0.4, 0.5) is 0 Å². The molecule has 0 radical (unpaired) electrons. The van der Waals surface area contributed by atoms with E-state index in [0.29, 0.717) is 6.54 Å². The summed E-state index contributed by atoms with van der Waals surface area (Å²) in [6, 6.07) is 4.06. The van der Waals surface area contributed by atoms with E-state index in [1.165, 1.54) is 5.56 Å². The molecular formula is C19H22N4OS. The van der Waals surface area contributed by atoms with Crippen molar-refractivity contribution in [3.63, 3.8) is 0 Å². The second kappa shape index (κ2) is 6.69. The van der Waals surface area contributed by atoms with Crippen LogP contribution in [0.1, 0.15) is 22.9 Å². The maximum absolute atomic E-state index is 13.2. The van der Waals surface area contributed by atoms with Gasteiger partial charge in [-0.15, -0.1) is 17.9 Å². The fourth-order valence-electron chi connectivity index (χ4n) is 4.26. The van der Waals surface area contributed by atoms with Crippen LogP contribution in [0, 0.1) is 5.41 Å². The molecule has 2 aromatic heterocycles. The standard InChI is InChI=1S/C19H22N4OS/c1-2-8-23-9-5-19(18(23)24)14-22(12-15-4-3-6-20-11-15)13-16(19)17-21-7-10-25-17/h2-4,6-7,10-11,16H,1,5,8-9,12-14H2/t16-,19-/m0/s1. The highest BCUT2D eigenvalue weighted by molar-refractivity contribution is 7.09. The topological polar surface area (TPSA) is 49.3 Å². The van der Waals surface area contributed by atoms with Gasteiger partial charge in [0.2, 0.25) is 5.91 Å². The average Bonchev–Trinajstić information content (AvgIpc) is 3.33. The minimum absolute atomic E-state index is 0.173. The lowest BCUT2D eigenvalue weighted by atomic mass is 9.77. The zero-order chi connectivity index (χ0) is 17.3. The third-order valence-electron chi connectivity index (χ3n) is 5.38. The first-order valence-electron chi connectivity index (χ1n) is 8.64. The second-order valence-corrected chi connectivity index (χ2v) is 7.83. The molecule has 1 amide bonds. The Bertz CT molecular complexity index is 748. The van der Waals surface area contributed by atoms with Crippen molar-refractivity contribution in [1.29, 1.82) is 0 Å². The fraction of sp³-hybridized carbons (Fsp3) is 0.421. The van der Waals surface area contributed by atoms with Gasteiger partial charge < -0.3 is 4.90 Å². The summed E-state index contributed by atoms with van der Waals surface area (Å²) in [7, 11) is 0. The summed E-state index contributed by atoms with van der Waals surface area (Å²) < 4.78 is 0. The number of hydrogen-bond acceptors (Lipinski definition) is 5. The maximum atomic E-state index is 13.2. The molecule has 2 aromatic rings. The third kappa shape index (κ3) is 2.89. The number of carbonyl (C=O) groups excluding carboxylic acids is 1. The largest absolute Gasteiger partial charge is 0.338 e. The average molecular weight is 354 g/mol. The number of likely N-dealkylation sites (tertiary alicyclic amines) is 2. The van der Waals surface area contributed by atoms with Gasteiger partial charge >= 0.3 is 0 Å². The first-order chi connectivity index (χ1) is 12.2. The smallest absolute Gasteiger partial charge is 0.231 e. The van der Waals surface area contributed by atoms with Crippen LogP contribution >= 0.6 is 11.3 Å². The van der Waals surface area contributed by atoms with E-state index in [2.05, 4.69) is 27.5 Å². The van der Waals surface area contributed by atoms with E-state index < -0.39 is 0 Å². The summed E-state index contributed by atoms with van der Waals surface area (Å²) in [5, 5.41) is 3.09. The highest BCUT2D eigenvalue weighted by atomic mass is 32.1. The van der Waals surface area contributed by atoms with E-state index in [1.807, 2.05) is 34.8 Å². The molecule has 2 atom stereocenters. The Balaban J connectivity index is 1.62. The molecule has 5 nitrogen and oxygen atoms in total. The Morgan fingerprint density at radius 3 is 3.08 bits per heavy atom. The number of thiazole rings is 1. The summed E-state index contributed by atoms with van der Waals surface area (Å²) in [5.41, 5.74) is 0.842.